The summed E-state index contributed by atoms with van der Waals surface area (Å²) in [4.78, 5) is 21.7. The molecule has 0 heterocycles. The first kappa shape index (κ1) is 15.2. The van der Waals surface area contributed by atoms with Crippen molar-refractivity contribution >= 4 is 12.4 Å². The SMILES string of the molecule is CCCC(CCc1ccccc1)(CC(=O)O)OC=O. The lowest BCUT2D eigenvalue weighted by Gasteiger charge is -2.30. The summed E-state index contributed by atoms with van der Waals surface area (Å²) >= 11 is 0. The lowest BCUT2D eigenvalue weighted by Crippen LogP contribution is -2.35. The van der Waals surface area contributed by atoms with Gasteiger partial charge in [-0.25, -0.2) is 0 Å². The first-order chi connectivity index (χ1) is 9.12. The lowest BCUT2D eigenvalue weighted by molar-refractivity contribution is -0.155. The zero-order chi connectivity index (χ0) is 14.1. The molecule has 0 amide bonds. The van der Waals surface area contributed by atoms with Gasteiger partial charge in [-0.1, -0.05) is 43.7 Å². The molecule has 0 saturated heterocycles. The number of ether oxygens (including phenoxy) is 1. The Morgan fingerprint density at radius 2 is 2.00 bits per heavy atom. The Balaban J connectivity index is 2.76. The van der Waals surface area contributed by atoms with E-state index in [1.165, 1.54) is 0 Å². The van der Waals surface area contributed by atoms with Gasteiger partial charge in [0.1, 0.15) is 5.60 Å². The van der Waals surface area contributed by atoms with Crippen molar-refractivity contribution in [2.45, 2.75) is 44.6 Å². The molecule has 1 unspecified atom stereocenters. The second-order valence-electron chi connectivity index (χ2n) is 4.70. The van der Waals surface area contributed by atoms with Crippen molar-refractivity contribution in [3.05, 3.63) is 35.9 Å². The van der Waals surface area contributed by atoms with Crippen LogP contribution in [-0.2, 0) is 20.7 Å². The highest BCUT2D eigenvalue weighted by atomic mass is 16.5. The summed E-state index contributed by atoms with van der Waals surface area (Å²) in [6, 6.07) is 9.78. The third-order valence-corrected chi connectivity index (χ3v) is 3.19. The van der Waals surface area contributed by atoms with Crippen molar-refractivity contribution in [1.29, 1.82) is 0 Å². The Hall–Kier alpha value is -1.84. The highest BCUT2D eigenvalue weighted by Crippen LogP contribution is 2.28. The van der Waals surface area contributed by atoms with Crippen LogP contribution in [0.4, 0.5) is 0 Å². The summed E-state index contributed by atoms with van der Waals surface area (Å²) in [5.74, 6) is -0.941. The highest BCUT2D eigenvalue weighted by molar-refractivity contribution is 5.68. The second-order valence-corrected chi connectivity index (χ2v) is 4.70. The van der Waals surface area contributed by atoms with E-state index in [9.17, 15) is 9.59 Å². The molecule has 4 heteroatoms. The van der Waals surface area contributed by atoms with E-state index in [1.54, 1.807) is 0 Å². The number of carbonyl (C=O) groups excluding carboxylic acids is 1. The Bertz CT molecular complexity index is 402. The van der Waals surface area contributed by atoms with Gasteiger partial charge in [0, 0.05) is 0 Å². The van der Waals surface area contributed by atoms with Crippen molar-refractivity contribution in [1.82, 2.24) is 0 Å². The Morgan fingerprint density at radius 3 is 2.53 bits per heavy atom. The standard InChI is InChI=1S/C15H20O4/c1-2-9-15(19-12-16,11-14(17)18)10-8-13-6-4-3-5-7-13/h3-7,12H,2,8-11H2,1H3,(H,17,18). The summed E-state index contributed by atoms with van der Waals surface area (Å²) < 4.78 is 5.14. The molecule has 4 nitrogen and oxygen atoms in total. The zero-order valence-electron chi connectivity index (χ0n) is 11.2. The highest BCUT2D eigenvalue weighted by Gasteiger charge is 2.33. The largest absolute Gasteiger partial charge is 0.481 e. The Kier molecular flexibility index (Phi) is 6.06. The van der Waals surface area contributed by atoms with Gasteiger partial charge in [0.15, 0.2) is 0 Å². The van der Waals surface area contributed by atoms with Gasteiger partial charge in [0.05, 0.1) is 6.42 Å². The van der Waals surface area contributed by atoms with Crippen LogP contribution >= 0.6 is 0 Å². The topological polar surface area (TPSA) is 63.6 Å². The molecule has 104 valence electrons. The molecule has 0 saturated carbocycles. The Labute approximate surface area is 113 Å². The first-order valence-corrected chi connectivity index (χ1v) is 6.49. The molecule has 0 aromatic heterocycles. The number of benzene rings is 1. The van der Waals surface area contributed by atoms with Crippen LogP contribution in [0, 0.1) is 0 Å². The first-order valence-electron chi connectivity index (χ1n) is 6.49. The summed E-state index contributed by atoms with van der Waals surface area (Å²) in [6.07, 6.45) is 2.41. The molecule has 1 aromatic carbocycles. The van der Waals surface area contributed by atoms with Crippen LogP contribution in [0.25, 0.3) is 0 Å². The van der Waals surface area contributed by atoms with E-state index in [1.807, 2.05) is 37.3 Å². The fourth-order valence-corrected chi connectivity index (χ4v) is 2.31. The van der Waals surface area contributed by atoms with Gasteiger partial charge >= 0.3 is 5.97 Å². The molecular weight excluding hydrogens is 244 g/mol. The van der Waals surface area contributed by atoms with Crippen molar-refractivity contribution < 1.29 is 19.4 Å². The average Bonchev–Trinajstić information content (AvgIpc) is 2.37. The van der Waals surface area contributed by atoms with Gasteiger partial charge in [0.25, 0.3) is 6.47 Å². The van der Waals surface area contributed by atoms with Gasteiger partial charge < -0.3 is 9.84 Å². The van der Waals surface area contributed by atoms with Gasteiger partial charge in [-0.3, -0.25) is 9.59 Å². The number of hydrogen-bond acceptors (Lipinski definition) is 3. The van der Waals surface area contributed by atoms with E-state index in [2.05, 4.69) is 0 Å². The van der Waals surface area contributed by atoms with E-state index >= 15 is 0 Å². The molecule has 0 spiro atoms. The molecule has 0 radical (unpaired) electrons. The van der Waals surface area contributed by atoms with Crippen LogP contribution < -0.4 is 0 Å². The van der Waals surface area contributed by atoms with Gasteiger partial charge in [-0.2, -0.15) is 0 Å². The zero-order valence-corrected chi connectivity index (χ0v) is 11.2. The average molecular weight is 264 g/mol. The third-order valence-electron chi connectivity index (χ3n) is 3.19. The molecule has 1 rings (SSSR count). The van der Waals surface area contributed by atoms with Gasteiger partial charge in [-0.05, 0) is 24.8 Å². The molecule has 19 heavy (non-hydrogen) atoms. The summed E-state index contributed by atoms with van der Waals surface area (Å²) in [6.45, 7) is 2.32. The van der Waals surface area contributed by atoms with Crippen LogP contribution in [0.3, 0.4) is 0 Å². The molecular formula is C15H20O4. The summed E-state index contributed by atoms with van der Waals surface area (Å²) in [5, 5.41) is 9.00. The number of rotatable bonds is 9. The molecule has 0 aliphatic heterocycles. The Morgan fingerprint density at radius 1 is 1.32 bits per heavy atom. The van der Waals surface area contributed by atoms with Crippen LogP contribution in [0.15, 0.2) is 30.3 Å². The van der Waals surface area contributed by atoms with E-state index in [-0.39, 0.29) is 6.42 Å². The maximum Gasteiger partial charge on any atom is 0.307 e. The van der Waals surface area contributed by atoms with Crippen LogP contribution in [-0.4, -0.2) is 23.1 Å². The number of carbonyl (C=O) groups is 2. The summed E-state index contributed by atoms with van der Waals surface area (Å²) in [5.41, 5.74) is 0.223. The van der Waals surface area contributed by atoms with E-state index in [4.69, 9.17) is 9.84 Å². The van der Waals surface area contributed by atoms with Crippen LogP contribution in [0.5, 0.6) is 0 Å². The maximum absolute atomic E-state index is 11.0. The molecule has 1 atom stereocenters. The van der Waals surface area contributed by atoms with E-state index in [0.29, 0.717) is 25.7 Å². The van der Waals surface area contributed by atoms with E-state index in [0.717, 1.165) is 12.0 Å². The molecule has 1 N–H and O–H groups in total. The number of aryl methyl sites for hydroxylation is 1. The minimum Gasteiger partial charge on any atom is -0.481 e. The normalized spacial score (nSPS) is 13.5. The van der Waals surface area contributed by atoms with E-state index < -0.39 is 11.6 Å². The molecule has 0 aliphatic rings. The van der Waals surface area contributed by atoms with Gasteiger partial charge in [0.2, 0.25) is 0 Å². The summed E-state index contributed by atoms with van der Waals surface area (Å²) in [7, 11) is 0. The second kappa shape index (κ2) is 7.56. The van der Waals surface area contributed by atoms with Crippen molar-refractivity contribution in [2.75, 3.05) is 0 Å². The number of carboxylic acid groups (broad SMARTS) is 1. The third kappa shape index (κ3) is 5.12. The minimum atomic E-state index is -0.941. The number of aliphatic carboxylic acids is 1. The predicted octanol–water partition coefficient (Wildman–Crippen LogP) is 2.81. The van der Waals surface area contributed by atoms with Crippen LogP contribution in [0.2, 0.25) is 0 Å². The fraction of sp³-hybridized carbons (Fsp3) is 0.467. The lowest BCUT2D eigenvalue weighted by atomic mass is 9.87. The smallest absolute Gasteiger partial charge is 0.307 e. The minimum absolute atomic E-state index is 0.146. The maximum atomic E-state index is 11.0. The number of hydrogen-bond donors (Lipinski definition) is 1. The quantitative estimate of drug-likeness (QED) is 0.697. The molecule has 0 bridgehead atoms. The van der Waals surface area contributed by atoms with Crippen molar-refractivity contribution in [3.63, 3.8) is 0 Å². The number of carboxylic acids is 1. The van der Waals surface area contributed by atoms with Crippen molar-refractivity contribution in [2.24, 2.45) is 0 Å². The fourth-order valence-electron chi connectivity index (χ4n) is 2.31. The predicted molar refractivity (Wildman–Crippen MR) is 71.8 cm³/mol. The van der Waals surface area contributed by atoms with Crippen LogP contribution in [0.1, 0.15) is 38.2 Å². The van der Waals surface area contributed by atoms with Crippen molar-refractivity contribution in [3.8, 4) is 0 Å². The molecule has 1 aromatic rings. The monoisotopic (exact) mass is 264 g/mol. The molecule has 0 fully saturated rings. The van der Waals surface area contributed by atoms with Gasteiger partial charge in [-0.15, -0.1) is 0 Å². The molecule has 0 aliphatic carbocycles.